The third kappa shape index (κ3) is 6.64. The minimum atomic E-state index is -0.235. The summed E-state index contributed by atoms with van der Waals surface area (Å²) < 4.78 is 11.5. The first kappa shape index (κ1) is 25.3. The van der Waals surface area contributed by atoms with Crippen LogP contribution in [0.3, 0.4) is 0 Å². The maximum absolute atomic E-state index is 12.3. The second-order valence-corrected chi connectivity index (χ2v) is 8.76. The van der Waals surface area contributed by atoms with Crippen LogP contribution < -0.4 is 25.0 Å². The van der Waals surface area contributed by atoms with Gasteiger partial charge in [0, 0.05) is 36.9 Å². The lowest BCUT2D eigenvalue weighted by atomic mass is 10.1. The van der Waals surface area contributed by atoms with E-state index in [0.29, 0.717) is 31.1 Å². The second kappa shape index (κ2) is 12.2. The van der Waals surface area contributed by atoms with E-state index in [9.17, 15) is 9.59 Å². The quantitative estimate of drug-likeness (QED) is 0.394. The highest BCUT2D eigenvalue weighted by Gasteiger charge is 2.22. The molecule has 4 rings (SSSR count). The topological polar surface area (TPSA) is 79.9 Å². The molecule has 0 aromatic heterocycles. The SMILES string of the molecule is CCOc1cc(CNC(C)c2cccc(N3CCCC3=O)c2)ccc1OCC(=O)Nc1ccccc1. The van der Waals surface area contributed by atoms with Gasteiger partial charge in [0.05, 0.1) is 6.61 Å². The molecule has 0 saturated carbocycles. The highest BCUT2D eigenvalue weighted by molar-refractivity contribution is 5.95. The van der Waals surface area contributed by atoms with Gasteiger partial charge in [-0.15, -0.1) is 0 Å². The van der Waals surface area contributed by atoms with E-state index in [4.69, 9.17) is 9.47 Å². The van der Waals surface area contributed by atoms with Crippen LogP contribution >= 0.6 is 0 Å². The molecule has 1 unspecified atom stereocenters. The molecule has 3 aromatic rings. The fourth-order valence-electron chi connectivity index (χ4n) is 4.18. The van der Waals surface area contributed by atoms with E-state index in [1.165, 1.54) is 0 Å². The molecule has 36 heavy (non-hydrogen) atoms. The van der Waals surface area contributed by atoms with E-state index in [1.807, 2.05) is 72.5 Å². The fourth-order valence-corrected chi connectivity index (χ4v) is 4.18. The Bertz CT molecular complexity index is 1180. The average Bonchev–Trinajstić information content (AvgIpc) is 3.33. The molecule has 1 aliphatic rings. The van der Waals surface area contributed by atoms with Crippen molar-refractivity contribution in [2.75, 3.05) is 30.0 Å². The predicted octanol–water partition coefficient (Wildman–Crippen LogP) is 5.08. The number of rotatable bonds is 11. The predicted molar refractivity (Wildman–Crippen MR) is 141 cm³/mol. The van der Waals surface area contributed by atoms with Gasteiger partial charge in [0.2, 0.25) is 5.91 Å². The molecule has 2 amide bonds. The molecule has 2 N–H and O–H groups in total. The molecule has 1 fully saturated rings. The zero-order chi connectivity index (χ0) is 25.3. The Hall–Kier alpha value is -3.84. The monoisotopic (exact) mass is 487 g/mol. The molecule has 188 valence electrons. The van der Waals surface area contributed by atoms with Gasteiger partial charge in [0.25, 0.3) is 5.91 Å². The van der Waals surface area contributed by atoms with Crippen molar-refractivity contribution < 1.29 is 19.1 Å². The van der Waals surface area contributed by atoms with Gasteiger partial charge in [-0.05, 0) is 67.8 Å². The van der Waals surface area contributed by atoms with E-state index in [-0.39, 0.29) is 24.5 Å². The number of carbonyl (C=O) groups is 2. The van der Waals surface area contributed by atoms with E-state index < -0.39 is 0 Å². The second-order valence-electron chi connectivity index (χ2n) is 8.76. The first-order valence-electron chi connectivity index (χ1n) is 12.4. The maximum atomic E-state index is 12.3. The lowest BCUT2D eigenvalue weighted by Gasteiger charge is -2.20. The summed E-state index contributed by atoms with van der Waals surface area (Å²) in [5.41, 5.74) is 3.85. The van der Waals surface area contributed by atoms with E-state index in [2.05, 4.69) is 29.7 Å². The lowest BCUT2D eigenvalue weighted by molar-refractivity contribution is -0.118. The summed E-state index contributed by atoms with van der Waals surface area (Å²) in [6, 6.07) is 23.3. The number of hydrogen-bond donors (Lipinski definition) is 2. The number of hydrogen-bond acceptors (Lipinski definition) is 5. The number of amides is 2. The van der Waals surface area contributed by atoms with Crippen molar-refractivity contribution in [3.63, 3.8) is 0 Å². The molecule has 0 spiro atoms. The highest BCUT2D eigenvalue weighted by Crippen LogP contribution is 2.29. The van der Waals surface area contributed by atoms with Gasteiger partial charge in [-0.1, -0.05) is 36.4 Å². The van der Waals surface area contributed by atoms with E-state index in [0.717, 1.165) is 35.5 Å². The van der Waals surface area contributed by atoms with E-state index in [1.54, 1.807) is 0 Å². The van der Waals surface area contributed by atoms with Gasteiger partial charge < -0.3 is 25.0 Å². The van der Waals surface area contributed by atoms with Crippen LogP contribution in [-0.4, -0.2) is 31.6 Å². The van der Waals surface area contributed by atoms with Crippen molar-refractivity contribution in [3.8, 4) is 11.5 Å². The Kier molecular flexibility index (Phi) is 8.57. The van der Waals surface area contributed by atoms with Crippen molar-refractivity contribution >= 4 is 23.2 Å². The normalized spacial score (nSPS) is 13.9. The fraction of sp³-hybridized carbons (Fsp3) is 0.310. The molecule has 1 saturated heterocycles. The van der Waals surface area contributed by atoms with Crippen LogP contribution in [0.2, 0.25) is 0 Å². The van der Waals surface area contributed by atoms with Crippen molar-refractivity contribution in [2.45, 2.75) is 39.3 Å². The minimum Gasteiger partial charge on any atom is -0.490 e. The third-order valence-electron chi connectivity index (χ3n) is 6.09. The molecule has 1 aliphatic heterocycles. The summed E-state index contributed by atoms with van der Waals surface area (Å²) in [5, 5.41) is 6.36. The van der Waals surface area contributed by atoms with Gasteiger partial charge in [0.15, 0.2) is 18.1 Å². The minimum absolute atomic E-state index is 0.0933. The van der Waals surface area contributed by atoms with Crippen LogP contribution in [0.4, 0.5) is 11.4 Å². The number of benzene rings is 3. The van der Waals surface area contributed by atoms with Crippen LogP contribution in [0.1, 0.15) is 43.9 Å². The van der Waals surface area contributed by atoms with Crippen molar-refractivity contribution in [2.24, 2.45) is 0 Å². The van der Waals surface area contributed by atoms with Gasteiger partial charge >= 0.3 is 0 Å². The number of ether oxygens (including phenoxy) is 2. The Morgan fingerprint density at radius 1 is 1.00 bits per heavy atom. The lowest BCUT2D eigenvalue weighted by Crippen LogP contribution is -2.24. The van der Waals surface area contributed by atoms with Crippen LogP contribution in [0.15, 0.2) is 72.8 Å². The summed E-state index contributed by atoms with van der Waals surface area (Å²) in [4.78, 5) is 26.2. The highest BCUT2D eigenvalue weighted by atomic mass is 16.5. The average molecular weight is 488 g/mol. The molecule has 3 aromatic carbocycles. The number of carbonyl (C=O) groups excluding carboxylic acids is 2. The Morgan fingerprint density at radius 2 is 1.83 bits per heavy atom. The van der Waals surface area contributed by atoms with E-state index >= 15 is 0 Å². The number of nitrogens with one attached hydrogen (secondary N) is 2. The molecule has 0 aliphatic carbocycles. The first-order chi connectivity index (χ1) is 17.5. The van der Waals surface area contributed by atoms with Gasteiger partial charge in [-0.3, -0.25) is 9.59 Å². The summed E-state index contributed by atoms with van der Waals surface area (Å²) in [7, 11) is 0. The Balaban J connectivity index is 1.35. The molecule has 1 atom stereocenters. The van der Waals surface area contributed by atoms with Gasteiger partial charge in [0.1, 0.15) is 0 Å². The standard InChI is InChI=1S/C29H33N3O4/c1-3-35-27-17-22(14-15-26(27)36-20-28(33)31-24-10-5-4-6-11-24)19-30-21(2)23-9-7-12-25(18-23)32-16-8-13-29(32)34/h4-7,9-12,14-15,17-18,21,30H,3,8,13,16,19-20H2,1-2H3,(H,31,33). The molecule has 1 heterocycles. The number of para-hydroxylation sites is 1. The van der Waals surface area contributed by atoms with Gasteiger partial charge in [-0.2, -0.15) is 0 Å². The largest absolute Gasteiger partial charge is 0.490 e. The third-order valence-corrected chi connectivity index (χ3v) is 6.09. The Labute approximate surface area is 212 Å². The summed E-state index contributed by atoms with van der Waals surface area (Å²) in [5.74, 6) is 1.09. The van der Waals surface area contributed by atoms with Crippen molar-refractivity contribution in [1.82, 2.24) is 5.32 Å². The first-order valence-corrected chi connectivity index (χ1v) is 12.4. The summed E-state index contributed by atoms with van der Waals surface area (Å²) in [6.07, 6.45) is 1.54. The molecule has 0 radical (unpaired) electrons. The van der Waals surface area contributed by atoms with Crippen molar-refractivity contribution in [1.29, 1.82) is 0 Å². The number of anilines is 2. The molecule has 7 nitrogen and oxygen atoms in total. The molecule has 0 bridgehead atoms. The van der Waals surface area contributed by atoms with Crippen molar-refractivity contribution in [3.05, 3.63) is 83.9 Å². The molecular weight excluding hydrogens is 454 g/mol. The summed E-state index contributed by atoms with van der Waals surface area (Å²) >= 11 is 0. The number of nitrogens with zero attached hydrogens (tertiary/aromatic N) is 1. The maximum Gasteiger partial charge on any atom is 0.262 e. The zero-order valence-corrected chi connectivity index (χ0v) is 20.8. The van der Waals surface area contributed by atoms with Crippen LogP contribution in [-0.2, 0) is 16.1 Å². The Morgan fingerprint density at radius 3 is 2.58 bits per heavy atom. The van der Waals surface area contributed by atoms with Crippen LogP contribution in [0.5, 0.6) is 11.5 Å². The molecular formula is C29H33N3O4. The van der Waals surface area contributed by atoms with Crippen LogP contribution in [0, 0.1) is 0 Å². The smallest absolute Gasteiger partial charge is 0.262 e. The van der Waals surface area contributed by atoms with Gasteiger partial charge in [-0.25, -0.2) is 0 Å². The summed E-state index contributed by atoms with van der Waals surface area (Å²) in [6.45, 7) is 5.81. The zero-order valence-electron chi connectivity index (χ0n) is 20.8. The van der Waals surface area contributed by atoms with Crippen LogP contribution in [0.25, 0.3) is 0 Å². The molecule has 7 heteroatoms.